The highest BCUT2D eigenvalue weighted by atomic mass is 16.5. The first kappa shape index (κ1) is 21.4. The zero-order valence-electron chi connectivity index (χ0n) is 18.5. The molecule has 3 aromatic carbocycles. The Morgan fingerprint density at radius 1 is 0.971 bits per heavy atom. The lowest BCUT2D eigenvalue weighted by Crippen LogP contribution is -2.29. The lowest BCUT2D eigenvalue weighted by Gasteiger charge is -2.26. The minimum Gasteiger partial charge on any atom is -0.507 e. The fourth-order valence-electron chi connectivity index (χ4n) is 4.45. The van der Waals surface area contributed by atoms with Crippen LogP contribution in [0, 0.1) is 0 Å². The van der Waals surface area contributed by atoms with Crippen molar-refractivity contribution in [1.82, 2.24) is 9.88 Å². The number of carbonyl (C=O) groups is 2. The molecule has 6 heteroatoms. The maximum absolute atomic E-state index is 13.3. The standard InChI is InChI=1S/C28H22N2O4/c1-34-21-13-11-20(12-14-21)26(31)24-25(23-10-4-8-19-7-2-3-9-22(19)23)30(28(33)27(24)32)17-18-6-5-15-29-16-18/h2-16,25,31H,17H2,1H3/b26-24+. The molecule has 0 radical (unpaired) electrons. The van der Waals surface area contributed by atoms with Crippen molar-refractivity contribution in [3.8, 4) is 5.75 Å². The zero-order valence-corrected chi connectivity index (χ0v) is 18.5. The van der Waals surface area contributed by atoms with Gasteiger partial charge in [-0.1, -0.05) is 48.5 Å². The molecule has 0 spiro atoms. The highest BCUT2D eigenvalue weighted by molar-refractivity contribution is 6.46. The number of hydrogen-bond donors (Lipinski definition) is 1. The molecular formula is C28H22N2O4. The summed E-state index contributed by atoms with van der Waals surface area (Å²) in [5.41, 5.74) is 2.07. The maximum atomic E-state index is 13.3. The quantitative estimate of drug-likeness (QED) is 0.267. The number of hydrogen-bond acceptors (Lipinski definition) is 5. The molecule has 1 unspecified atom stereocenters. The van der Waals surface area contributed by atoms with Gasteiger partial charge in [0.05, 0.1) is 18.7 Å². The molecule has 168 valence electrons. The van der Waals surface area contributed by atoms with Crippen molar-refractivity contribution in [1.29, 1.82) is 0 Å². The van der Waals surface area contributed by atoms with Crippen LogP contribution in [0.4, 0.5) is 0 Å². The number of ether oxygens (including phenoxy) is 1. The largest absolute Gasteiger partial charge is 0.507 e. The van der Waals surface area contributed by atoms with Crippen molar-refractivity contribution in [2.45, 2.75) is 12.6 Å². The first-order valence-corrected chi connectivity index (χ1v) is 10.9. The molecule has 2 heterocycles. The Morgan fingerprint density at radius 3 is 2.47 bits per heavy atom. The first-order chi connectivity index (χ1) is 16.6. The fourth-order valence-corrected chi connectivity index (χ4v) is 4.45. The minimum atomic E-state index is -0.756. The summed E-state index contributed by atoms with van der Waals surface area (Å²) in [6.45, 7) is 0.186. The van der Waals surface area contributed by atoms with Gasteiger partial charge >= 0.3 is 0 Å². The van der Waals surface area contributed by atoms with Crippen LogP contribution in [0.3, 0.4) is 0 Å². The number of Topliss-reactive ketones (excluding diaryl/α,β-unsaturated/α-hetero) is 1. The summed E-state index contributed by atoms with van der Waals surface area (Å²) >= 11 is 0. The van der Waals surface area contributed by atoms with Crippen molar-refractivity contribution >= 4 is 28.2 Å². The zero-order chi connectivity index (χ0) is 23.7. The molecular weight excluding hydrogens is 428 g/mol. The number of benzene rings is 3. The van der Waals surface area contributed by atoms with E-state index in [1.54, 1.807) is 49.8 Å². The molecule has 1 amide bonds. The van der Waals surface area contributed by atoms with Crippen LogP contribution in [0.5, 0.6) is 5.75 Å². The predicted molar refractivity (Wildman–Crippen MR) is 129 cm³/mol. The van der Waals surface area contributed by atoms with Gasteiger partial charge in [-0.15, -0.1) is 0 Å². The number of aromatic nitrogens is 1. The molecule has 0 aliphatic carbocycles. The van der Waals surface area contributed by atoms with Gasteiger partial charge in [0.1, 0.15) is 11.5 Å². The number of carbonyl (C=O) groups excluding carboxylic acids is 2. The van der Waals surface area contributed by atoms with Crippen molar-refractivity contribution in [3.63, 3.8) is 0 Å². The Hall–Kier alpha value is -4.45. The molecule has 5 rings (SSSR count). The van der Waals surface area contributed by atoms with E-state index in [1.807, 2.05) is 48.5 Å². The lowest BCUT2D eigenvalue weighted by molar-refractivity contribution is -0.140. The number of ketones is 1. The monoisotopic (exact) mass is 450 g/mol. The molecule has 1 atom stereocenters. The summed E-state index contributed by atoms with van der Waals surface area (Å²) in [5, 5.41) is 13.2. The molecule has 1 fully saturated rings. The molecule has 0 saturated carbocycles. The summed E-state index contributed by atoms with van der Waals surface area (Å²) in [4.78, 5) is 32.2. The number of aliphatic hydroxyl groups excluding tert-OH is 1. The smallest absolute Gasteiger partial charge is 0.295 e. The van der Waals surface area contributed by atoms with Crippen LogP contribution in [-0.2, 0) is 16.1 Å². The van der Waals surface area contributed by atoms with Crippen LogP contribution in [-0.4, -0.2) is 33.8 Å². The summed E-state index contributed by atoms with van der Waals surface area (Å²) in [6, 6.07) is 23.2. The number of pyridine rings is 1. The van der Waals surface area contributed by atoms with E-state index in [4.69, 9.17) is 4.74 Å². The predicted octanol–water partition coefficient (Wildman–Crippen LogP) is 4.87. The van der Waals surface area contributed by atoms with Gasteiger partial charge in [0.25, 0.3) is 11.7 Å². The second-order valence-electron chi connectivity index (χ2n) is 8.09. The van der Waals surface area contributed by atoms with E-state index < -0.39 is 17.7 Å². The summed E-state index contributed by atoms with van der Waals surface area (Å²) < 4.78 is 5.20. The van der Waals surface area contributed by atoms with Crippen LogP contribution < -0.4 is 4.74 Å². The number of rotatable bonds is 5. The van der Waals surface area contributed by atoms with Crippen molar-refractivity contribution in [2.75, 3.05) is 7.11 Å². The first-order valence-electron chi connectivity index (χ1n) is 10.9. The lowest BCUT2D eigenvalue weighted by atomic mass is 9.91. The van der Waals surface area contributed by atoms with Gasteiger partial charge in [-0.3, -0.25) is 14.6 Å². The van der Waals surface area contributed by atoms with Crippen LogP contribution in [0.1, 0.15) is 22.7 Å². The molecule has 0 bridgehead atoms. The van der Waals surface area contributed by atoms with E-state index >= 15 is 0 Å². The Morgan fingerprint density at radius 2 is 1.74 bits per heavy atom. The van der Waals surface area contributed by atoms with Gasteiger partial charge in [-0.25, -0.2) is 0 Å². The topological polar surface area (TPSA) is 79.7 Å². The highest BCUT2D eigenvalue weighted by Crippen LogP contribution is 2.42. The Balaban J connectivity index is 1.72. The van der Waals surface area contributed by atoms with E-state index in [1.165, 1.54) is 4.90 Å². The van der Waals surface area contributed by atoms with Crippen molar-refractivity contribution in [3.05, 3.63) is 114 Å². The highest BCUT2D eigenvalue weighted by Gasteiger charge is 2.46. The van der Waals surface area contributed by atoms with Crippen LogP contribution in [0.25, 0.3) is 16.5 Å². The molecule has 4 aromatic rings. The van der Waals surface area contributed by atoms with Gasteiger partial charge in [0.15, 0.2) is 0 Å². The van der Waals surface area contributed by atoms with E-state index in [2.05, 4.69) is 4.98 Å². The Kier molecular flexibility index (Phi) is 5.55. The third-order valence-corrected chi connectivity index (χ3v) is 6.10. The molecule has 1 aromatic heterocycles. The number of amides is 1. The van der Waals surface area contributed by atoms with Gasteiger partial charge in [-0.2, -0.15) is 0 Å². The molecule has 1 saturated heterocycles. The van der Waals surface area contributed by atoms with E-state index in [-0.39, 0.29) is 17.9 Å². The Labute approximate surface area is 196 Å². The number of fused-ring (bicyclic) bond motifs is 1. The van der Waals surface area contributed by atoms with E-state index in [0.29, 0.717) is 11.3 Å². The summed E-state index contributed by atoms with van der Waals surface area (Å²) in [6.07, 6.45) is 3.33. The second-order valence-corrected chi connectivity index (χ2v) is 8.09. The minimum absolute atomic E-state index is 0.0652. The average Bonchev–Trinajstić information content (AvgIpc) is 3.13. The third kappa shape index (κ3) is 3.69. The average molecular weight is 450 g/mol. The number of likely N-dealkylation sites (tertiary alicyclic amines) is 1. The van der Waals surface area contributed by atoms with Crippen molar-refractivity contribution < 1.29 is 19.4 Å². The fraction of sp³-hybridized carbons (Fsp3) is 0.107. The van der Waals surface area contributed by atoms with Crippen LogP contribution in [0.2, 0.25) is 0 Å². The molecule has 1 N–H and O–H groups in total. The van der Waals surface area contributed by atoms with Gasteiger partial charge in [-0.05, 0) is 52.2 Å². The third-order valence-electron chi connectivity index (χ3n) is 6.10. The Bertz CT molecular complexity index is 1410. The van der Waals surface area contributed by atoms with Gasteiger partial charge in [0, 0.05) is 24.5 Å². The molecule has 6 nitrogen and oxygen atoms in total. The molecule has 1 aliphatic heterocycles. The van der Waals surface area contributed by atoms with Crippen molar-refractivity contribution in [2.24, 2.45) is 0 Å². The van der Waals surface area contributed by atoms with E-state index in [0.717, 1.165) is 21.9 Å². The van der Waals surface area contributed by atoms with E-state index in [9.17, 15) is 14.7 Å². The number of aliphatic hydroxyl groups is 1. The summed E-state index contributed by atoms with van der Waals surface area (Å²) in [7, 11) is 1.55. The van der Waals surface area contributed by atoms with Gasteiger partial charge < -0.3 is 14.7 Å². The summed E-state index contributed by atoms with van der Waals surface area (Å²) in [5.74, 6) is -0.959. The number of methoxy groups -OCH3 is 1. The molecule has 34 heavy (non-hydrogen) atoms. The number of nitrogens with zero attached hydrogens (tertiary/aromatic N) is 2. The van der Waals surface area contributed by atoms with Gasteiger partial charge in [0.2, 0.25) is 0 Å². The second kappa shape index (κ2) is 8.83. The normalized spacial score (nSPS) is 17.3. The molecule has 1 aliphatic rings. The maximum Gasteiger partial charge on any atom is 0.295 e. The van der Waals surface area contributed by atoms with Crippen LogP contribution >= 0.6 is 0 Å². The SMILES string of the molecule is COc1ccc(/C(O)=C2\C(=O)C(=O)N(Cc3cccnc3)C2c2cccc3ccccc23)cc1. The van der Waals surface area contributed by atoms with Crippen LogP contribution in [0.15, 0.2) is 96.8 Å².